The van der Waals surface area contributed by atoms with Crippen LogP contribution in [0.4, 0.5) is 10.3 Å². The molecule has 29 heavy (non-hydrogen) atoms. The number of aryl methyl sites for hydroxylation is 1. The number of carbonyl (C=O) groups is 1. The summed E-state index contributed by atoms with van der Waals surface area (Å²) in [6, 6.07) is 5.97. The van der Waals surface area contributed by atoms with E-state index in [9.17, 15) is 19.4 Å². The van der Waals surface area contributed by atoms with Gasteiger partial charge in [0.05, 0.1) is 37.1 Å². The molecule has 3 N–H and O–H groups in total. The summed E-state index contributed by atoms with van der Waals surface area (Å²) >= 11 is 0. The van der Waals surface area contributed by atoms with Crippen molar-refractivity contribution in [3.63, 3.8) is 0 Å². The second-order valence-corrected chi connectivity index (χ2v) is 6.46. The number of hydrogen-bond acceptors (Lipinski definition) is 7. The van der Waals surface area contributed by atoms with Crippen LogP contribution in [0.25, 0.3) is 17.3 Å². The first-order valence-electron chi connectivity index (χ1n) is 9.33. The van der Waals surface area contributed by atoms with Crippen LogP contribution in [0.5, 0.6) is 0 Å². The quantitative estimate of drug-likeness (QED) is 0.553. The van der Waals surface area contributed by atoms with Crippen molar-refractivity contribution in [2.75, 3.05) is 19.5 Å². The van der Waals surface area contributed by atoms with E-state index in [-0.39, 0.29) is 18.7 Å². The predicted molar refractivity (Wildman–Crippen MR) is 109 cm³/mol. The van der Waals surface area contributed by atoms with Gasteiger partial charge in [0.15, 0.2) is 0 Å². The summed E-state index contributed by atoms with van der Waals surface area (Å²) in [5, 5.41) is 23.0. The highest BCUT2D eigenvalue weighted by atomic mass is 19.1. The van der Waals surface area contributed by atoms with E-state index < -0.39 is 18.2 Å². The molecule has 0 aliphatic carbocycles. The zero-order chi connectivity index (χ0) is 21.4. The molecule has 8 heteroatoms. The highest BCUT2D eigenvalue weighted by molar-refractivity contribution is 5.74. The van der Waals surface area contributed by atoms with Crippen LogP contribution in [0, 0.1) is 5.82 Å². The lowest BCUT2D eigenvalue weighted by atomic mass is 10.0. The molecule has 1 aromatic carbocycles. The van der Waals surface area contributed by atoms with E-state index in [2.05, 4.69) is 20.0 Å². The third-order valence-corrected chi connectivity index (χ3v) is 4.33. The number of aliphatic hydroxyl groups excluding tert-OH is 2. The Kier molecular flexibility index (Phi) is 8.23. The lowest BCUT2D eigenvalue weighted by Crippen LogP contribution is -2.20. The number of esters is 1. The van der Waals surface area contributed by atoms with Gasteiger partial charge >= 0.3 is 5.97 Å². The van der Waals surface area contributed by atoms with Crippen molar-refractivity contribution in [1.29, 1.82) is 0 Å². The summed E-state index contributed by atoms with van der Waals surface area (Å²) in [5.41, 5.74) is 2.75. The van der Waals surface area contributed by atoms with Gasteiger partial charge in [-0.2, -0.15) is 0 Å². The Morgan fingerprint density at radius 3 is 2.55 bits per heavy atom. The first-order valence-corrected chi connectivity index (χ1v) is 9.33. The Hall–Kier alpha value is -2.84. The second kappa shape index (κ2) is 10.6. The smallest absolute Gasteiger partial charge is 0.308 e. The number of aliphatic hydroxyl groups is 2. The standard InChI is InChI=1S/C21H26FN3O4/c1-4-18-17(10-9-15(26)11-16(27)12-19(28)29-3)20(25-21(23-2)24-18)13-5-7-14(22)8-6-13/h5-10,15-16,26-27H,4,11-12H2,1-3H3,(H,23,24,25)/b10-9+. The van der Waals surface area contributed by atoms with Gasteiger partial charge in [0.1, 0.15) is 5.82 Å². The summed E-state index contributed by atoms with van der Waals surface area (Å²) in [4.78, 5) is 20.2. The van der Waals surface area contributed by atoms with Crippen LogP contribution in [0.1, 0.15) is 31.0 Å². The predicted octanol–water partition coefficient (Wildman–Crippen LogP) is 2.58. The fourth-order valence-electron chi connectivity index (χ4n) is 2.82. The Morgan fingerprint density at radius 2 is 1.97 bits per heavy atom. The van der Waals surface area contributed by atoms with E-state index in [4.69, 9.17) is 0 Å². The third kappa shape index (κ3) is 6.33. The zero-order valence-electron chi connectivity index (χ0n) is 16.7. The molecular formula is C21H26FN3O4. The molecule has 2 unspecified atom stereocenters. The Balaban J connectivity index is 2.33. The van der Waals surface area contributed by atoms with Gasteiger partial charge in [0.25, 0.3) is 0 Å². The summed E-state index contributed by atoms with van der Waals surface area (Å²) in [7, 11) is 2.95. The van der Waals surface area contributed by atoms with Gasteiger partial charge in [-0.3, -0.25) is 4.79 Å². The van der Waals surface area contributed by atoms with Crippen molar-refractivity contribution < 1.29 is 24.1 Å². The molecule has 0 radical (unpaired) electrons. The van der Waals surface area contributed by atoms with Gasteiger partial charge in [0, 0.05) is 24.6 Å². The maximum atomic E-state index is 13.3. The number of ether oxygens (including phenoxy) is 1. The molecule has 0 saturated carbocycles. The highest BCUT2D eigenvalue weighted by Gasteiger charge is 2.16. The Labute approximate surface area is 169 Å². The van der Waals surface area contributed by atoms with E-state index >= 15 is 0 Å². The number of rotatable bonds is 9. The molecule has 1 heterocycles. The van der Waals surface area contributed by atoms with Gasteiger partial charge in [-0.1, -0.05) is 19.1 Å². The number of halogens is 1. The first kappa shape index (κ1) is 22.4. The number of benzene rings is 1. The van der Waals surface area contributed by atoms with Crippen molar-refractivity contribution in [3.05, 3.63) is 47.4 Å². The number of anilines is 1. The summed E-state index contributed by atoms with van der Waals surface area (Å²) in [6.07, 6.45) is 1.61. The second-order valence-electron chi connectivity index (χ2n) is 6.46. The lowest BCUT2D eigenvalue weighted by molar-refractivity contribution is -0.143. The number of nitrogens with one attached hydrogen (secondary N) is 1. The topological polar surface area (TPSA) is 105 Å². The van der Waals surface area contributed by atoms with E-state index in [0.29, 0.717) is 29.2 Å². The molecule has 1 aromatic heterocycles. The van der Waals surface area contributed by atoms with Crippen molar-refractivity contribution in [2.45, 2.75) is 38.4 Å². The van der Waals surface area contributed by atoms with Crippen molar-refractivity contribution in [3.8, 4) is 11.3 Å². The van der Waals surface area contributed by atoms with E-state index in [1.165, 1.54) is 25.3 Å². The zero-order valence-corrected chi connectivity index (χ0v) is 16.7. The van der Waals surface area contributed by atoms with Crippen molar-refractivity contribution in [1.82, 2.24) is 9.97 Å². The van der Waals surface area contributed by atoms with Crippen LogP contribution in [0.2, 0.25) is 0 Å². The Morgan fingerprint density at radius 1 is 1.28 bits per heavy atom. The first-order chi connectivity index (χ1) is 13.9. The maximum Gasteiger partial charge on any atom is 0.308 e. The number of hydrogen-bond donors (Lipinski definition) is 3. The van der Waals surface area contributed by atoms with Gasteiger partial charge in [-0.15, -0.1) is 0 Å². The van der Waals surface area contributed by atoms with E-state index in [0.717, 1.165) is 5.69 Å². The molecule has 2 atom stereocenters. The third-order valence-electron chi connectivity index (χ3n) is 4.33. The van der Waals surface area contributed by atoms with E-state index in [1.807, 2.05) is 6.92 Å². The largest absolute Gasteiger partial charge is 0.469 e. The fraction of sp³-hybridized carbons (Fsp3) is 0.381. The normalized spacial score (nSPS) is 13.3. The molecule has 2 aromatic rings. The molecule has 0 bridgehead atoms. The van der Waals surface area contributed by atoms with Crippen LogP contribution >= 0.6 is 0 Å². The van der Waals surface area contributed by atoms with Gasteiger partial charge < -0.3 is 20.3 Å². The minimum absolute atomic E-state index is 0.0194. The minimum atomic E-state index is -1.02. The van der Waals surface area contributed by atoms with Crippen molar-refractivity contribution >= 4 is 18.0 Å². The lowest BCUT2D eigenvalue weighted by Gasteiger charge is -2.14. The fourth-order valence-corrected chi connectivity index (χ4v) is 2.82. The monoisotopic (exact) mass is 403 g/mol. The van der Waals surface area contributed by atoms with Crippen LogP contribution in [0.3, 0.4) is 0 Å². The molecule has 156 valence electrons. The molecule has 0 fully saturated rings. The summed E-state index contributed by atoms with van der Waals surface area (Å²) in [5.74, 6) is -0.455. The summed E-state index contributed by atoms with van der Waals surface area (Å²) < 4.78 is 17.8. The van der Waals surface area contributed by atoms with Gasteiger partial charge in [-0.25, -0.2) is 14.4 Å². The molecule has 0 aliphatic rings. The van der Waals surface area contributed by atoms with Crippen molar-refractivity contribution in [2.24, 2.45) is 0 Å². The molecule has 0 saturated heterocycles. The minimum Gasteiger partial charge on any atom is -0.469 e. The van der Waals surface area contributed by atoms with Crippen LogP contribution < -0.4 is 5.32 Å². The van der Waals surface area contributed by atoms with Crippen LogP contribution in [0.15, 0.2) is 30.3 Å². The van der Waals surface area contributed by atoms with Crippen LogP contribution in [-0.2, 0) is 16.0 Å². The molecule has 2 rings (SSSR count). The number of nitrogens with zero attached hydrogens (tertiary/aromatic N) is 2. The van der Waals surface area contributed by atoms with Gasteiger partial charge in [0.2, 0.25) is 5.95 Å². The highest BCUT2D eigenvalue weighted by Crippen LogP contribution is 2.27. The molecule has 0 spiro atoms. The number of methoxy groups -OCH3 is 1. The summed E-state index contributed by atoms with van der Waals surface area (Å²) in [6.45, 7) is 1.95. The van der Waals surface area contributed by atoms with Crippen LogP contribution in [-0.4, -0.2) is 52.5 Å². The Bertz CT molecular complexity index is 856. The molecule has 0 amide bonds. The number of carbonyl (C=O) groups excluding carboxylic acids is 1. The molecule has 7 nitrogen and oxygen atoms in total. The average molecular weight is 403 g/mol. The van der Waals surface area contributed by atoms with E-state index in [1.54, 1.807) is 25.3 Å². The number of aromatic nitrogens is 2. The average Bonchev–Trinajstić information content (AvgIpc) is 2.71. The van der Waals surface area contributed by atoms with Gasteiger partial charge in [-0.05, 0) is 30.7 Å². The SMILES string of the molecule is CCc1nc(NC)nc(-c2ccc(F)cc2)c1/C=C/C(O)CC(O)CC(=O)OC. The molecular weight excluding hydrogens is 377 g/mol. The maximum absolute atomic E-state index is 13.3. The molecule has 0 aliphatic heterocycles.